The Bertz CT molecular complexity index is 602. The first-order valence-electron chi connectivity index (χ1n) is 4.67. The predicted octanol–water partition coefficient (Wildman–Crippen LogP) is 2.50. The van der Waals surface area contributed by atoms with Crippen LogP contribution in [0.1, 0.15) is 5.56 Å². The van der Waals surface area contributed by atoms with Gasteiger partial charge in [-0.15, -0.1) is 0 Å². The van der Waals surface area contributed by atoms with Gasteiger partial charge in [0.05, 0.1) is 10.6 Å². The summed E-state index contributed by atoms with van der Waals surface area (Å²) in [5, 5.41) is 0. The highest BCUT2D eigenvalue weighted by atomic mass is 79.9. The van der Waals surface area contributed by atoms with E-state index in [9.17, 15) is 21.6 Å². The van der Waals surface area contributed by atoms with Crippen LogP contribution in [0.4, 0.5) is 18.9 Å². The summed E-state index contributed by atoms with van der Waals surface area (Å²) >= 11 is 7.18. The van der Waals surface area contributed by atoms with Gasteiger partial charge in [0.25, 0.3) is 0 Å². The average Bonchev–Trinajstić information content (AvgIpc) is 2.16. The molecule has 0 atom stereocenters. The maximum Gasteiger partial charge on any atom is 0.417 e. The maximum absolute atomic E-state index is 12.6. The van der Waals surface area contributed by atoms with Gasteiger partial charge in [0, 0.05) is 10.2 Å². The number of benzene rings is 1. The van der Waals surface area contributed by atoms with Crippen LogP contribution in [-0.4, -0.2) is 19.2 Å². The predicted molar refractivity (Wildman–Crippen MR) is 73.3 cm³/mol. The molecule has 0 saturated heterocycles. The molecule has 0 aliphatic rings. The molecule has 106 valence electrons. The van der Waals surface area contributed by atoms with Crippen LogP contribution in [0.25, 0.3) is 0 Å². The lowest BCUT2D eigenvalue weighted by atomic mass is 10.2. The van der Waals surface area contributed by atoms with Crippen molar-refractivity contribution < 1.29 is 21.6 Å². The van der Waals surface area contributed by atoms with Crippen molar-refractivity contribution in [3.05, 3.63) is 28.2 Å². The molecule has 0 fully saturated rings. The van der Waals surface area contributed by atoms with Crippen LogP contribution in [0.2, 0.25) is 0 Å². The van der Waals surface area contributed by atoms with Gasteiger partial charge in [-0.25, -0.2) is 8.42 Å². The van der Waals surface area contributed by atoms with Gasteiger partial charge in [0.2, 0.25) is 10.0 Å². The quantitative estimate of drug-likeness (QED) is 0.791. The van der Waals surface area contributed by atoms with Crippen molar-refractivity contribution in [2.24, 2.45) is 5.73 Å². The monoisotopic (exact) mass is 376 g/mol. The van der Waals surface area contributed by atoms with E-state index >= 15 is 0 Å². The Kier molecular flexibility index (Phi) is 4.80. The second-order valence-electron chi connectivity index (χ2n) is 3.52. The van der Waals surface area contributed by atoms with E-state index in [1.54, 1.807) is 0 Å². The zero-order valence-corrected chi connectivity index (χ0v) is 12.4. The fraction of sp³-hybridized carbons (Fsp3) is 0.222. The highest BCUT2D eigenvalue weighted by Crippen LogP contribution is 2.36. The molecule has 4 nitrogen and oxygen atoms in total. The number of nitrogens with one attached hydrogen (secondary N) is 1. The molecule has 1 aromatic carbocycles. The molecule has 0 bridgehead atoms. The number of rotatable bonds is 4. The number of hydrogen-bond donors (Lipinski definition) is 2. The van der Waals surface area contributed by atoms with Gasteiger partial charge in [-0.1, -0.05) is 28.1 Å². The standard InChI is InChI=1S/C9H8BrF3N2O2S2/c10-7-2-1-5(3-6(7)9(11,12)13)15-19(16,17)4-8(14)18/h1-3,15H,4H2,(H2,14,18). The van der Waals surface area contributed by atoms with Crippen molar-refractivity contribution in [2.45, 2.75) is 6.18 Å². The van der Waals surface area contributed by atoms with E-state index in [0.717, 1.165) is 6.07 Å². The summed E-state index contributed by atoms with van der Waals surface area (Å²) in [5.41, 5.74) is 3.88. The summed E-state index contributed by atoms with van der Waals surface area (Å²) in [6.07, 6.45) is -4.59. The third kappa shape index (κ3) is 4.96. The Morgan fingerprint density at radius 3 is 2.47 bits per heavy atom. The molecule has 0 aromatic heterocycles. The lowest BCUT2D eigenvalue weighted by Crippen LogP contribution is -2.26. The smallest absolute Gasteiger partial charge is 0.392 e. The highest BCUT2D eigenvalue weighted by Gasteiger charge is 2.33. The largest absolute Gasteiger partial charge is 0.417 e. The van der Waals surface area contributed by atoms with Crippen LogP contribution < -0.4 is 10.5 Å². The second-order valence-corrected chi connectivity index (χ2v) is 6.62. The molecule has 19 heavy (non-hydrogen) atoms. The zero-order valence-electron chi connectivity index (χ0n) is 9.16. The molecule has 1 aromatic rings. The summed E-state index contributed by atoms with van der Waals surface area (Å²) in [6.45, 7) is 0. The lowest BCUT2D eigenvalue weighted by Gasteiger charge is -2.12. The van der Waals surface area contributed by atoms with Crippen molar-refractivity contribution in [3.8, 4) is 0 Å². The van der Waals surface area contributed by atoms with Crippen molar-refractivity contribution in [3.63, 3.8) is 0 Å². The van der Waals surface area contributed by atoms with Gasteiger partial charge in [0.1, 0.15) is 5.75 Å². The average molecular weight is 377 g/mol. The van der Waals surface area contributed by atoms with Crippen LogP contribution in [0.3, 0.4) is 0 Å². The third-order valence-electron chi connectivity index (χ3n) is 1.88. The van der Waals surface area contributed by atoms with E-state index in [2.05, 4.69) is 28.1 Å². The molecule has 0 spiro atoms. The summed E-state index contributed by atoms with van der Waals surface area (Å²) in [7, 11) is -3.91. The number of anilines is 1. The van der Waals surface area contributed by atoms with Gasteiger partial charge in [-0.2, -0.15) is 13.2 Å². The molecule has 3 N–H and O–H groups in total. The molecule has 0 radical (unpaired) electrons. The lowest BCUT2D eigenvalue weighted by molar-refractivity contribution is -0.138. The van der Waals surface area contributed by atoms with Crippen molar-refractivity contribution >= 4 is 48.8 Å². The molecule has 0 aliphatic heterocycles. The summed E-state index contributed by atoms with van der Waals surface area (Å²) in [5.74, 6) is -0.639. The second kappa shape index (κ2) is 5.63. The molecular weight excluding hydrogens is 369 g/mol. The summed E-state index contributed by atoms with van der Waals surface area (Å²) < 4.78 is 62.6. The Morgan fingerprint density at radius 2 is 2.00 bits per heavy atom. The van der Waals surface area contributed by atoms with Crippen molar-refractivity contribution in [1.82, 2.24) is 0 Å². The number of alkyl halides is 3. The maximum atomic E-state index is 12.6. The minimum atomic E-state index is -4.59. The number of nitrogens with two attached hydrogens (primary N) is 1. The van der Waals surface area contributed by atoms with E-state index in [-0.39, 0.29) is 15.1 Å². The molecule has 1 rings (SSSR count). The van der Waals surface area contributed by atoms with Gasteiger partial charge >= 0.3 is 6.18 Å². The Hall–Kier alpha value is -0.870. The fourth-order valence-electron chi connectivity index (χ4n) is 1.21. The first kappa shape index (κ1) is 16.2. The van der Waals surface area contributed by atoms with Gasteiger partial charge in [-0.05, 0) is 18.2 Å². The van der Waals surface area contributed by atoms with Crippen LogP contribution >= 0.6 is 28.1 Å². The van der Waals surface area contributed by atoms with E-state index < -0.39 is 27.5 Å². The molecule has 0 aliphatic carbocycles. The Balaban J connectivity index is 3.08. The number of sulfonamides is 1. The minimum Gasteiger partial charge on any atom is -0.392 e. The minimum absolute atomic E-state index is 0.183. The SMILES string of the molecule is NC(=S)CS(=O)(=O)Nc1ccc(Br)c(C(F)(F)F)c1. The normalized spacial score (nSPS) is 12.2. The van der Waals surface area contributed by atoms with Crippen molar-refractivity contribution in [1.29, 1.82) is 0 Å². The Labute approximate surface area is 121 Å². The molecular formula is C9H8BrF3N2O2S2. The van der Waals surface area contributed by atoms with Crippen LogP contribution in [0.15, 0.2) is 22.7 Å². The van der Waals surface area contributed by atoms with E-state index in [1.807, 2.05) is 4.72 Å². The van der Waals surface area contributed by atoms with E-state index in [1.165, 1.54) is 6.07 Å². The van der Waals surface area contributed by atoms with Gasteiger partial charge in [-0.3, -0.25) is 4.72 Å². The molecule has 0 heterocycles. The van der Waals surface area contributed by atoms with Crippen molar-refractivity contribution in [2.75, 3.05) is 10.5 Å². The fourth-order valence-corrected chi connectivity index (χ4v) is 3.08. The molecule has 10 heteroatoms. The van der Waals surface area contributed by atoms with Crippen LogP contribution in [0.5, 0.6) is 0 Å². The molecule has 0 saturated carbocycles. The van der Waals surface area contributed by atoms with Gasteiger partial charge < -0.3 is 5.73 Å². The van der Waals surface area contributed by atoms with E-state index in [0.29, 0.717) is 6.07 Å². The number of thiocarbonyl (C=S) groups is 1. The van der Waals surface area contributed by atoms with Gasteiger partial charge in [0.15, 0.2) is 0 Å². The van der Waals surface area contributed by atoms with Crippen LogP contribution in [-0.2, 0) is 16.2 Å². The summed E-state index contributed by atoms with van der Waals surface area (Å²) in [6, 6.07) is 2.97. The zero-order chi connectivity index (χ0) is 14.8. The number of halogens is 4. The number of hydrogen-bond acceptors (Lipinski definition) is 3. The molecule has 0 amide bonds. The first-order valence-corrected chi connectivity index (χ1v) is 7.52. The Morgan fingerprint density at radius 1 is 1.42 bits per heavy atom. The third-order valence-corrected chi connectivity index (χ3v) is 4.13. The highest BCUT2D eigenvalue weighted by molar-refractivity contribution is 9.10. The molecule has 0 unspecified atom stereocenters. The summed E-state index contributed by atoms with van der Waals surface area (Å²) in [4.78, 5) is -0.277. The van der Waals surface area contributed by atoms with E-state index in [4.69, 9.17) is 5.73 Å². The first-order chi connectivity index (χ1) is 8.51. The van der Waals surface area contributed by atoms with Crippen LogP contribution in [0, 0.1) is 0 Å². The topological polar surface area (TPSA) is 72.2 Å².